The Hall–Kier alpha value is -1.95. The molecule has 1 fully saturated rings. The van der Waals surface area contributed by atoms with E-state index in [2.05, 4.69) is 10.6 Å². The highest BCUT2D eigenvalue weighted by Gasteiger charge is 2.32. The number of benzene rings is 1. The van der Waals surface area contributed by atoms with Gasteiger partial charge in [-0.25, -0.2) is 4.79 Å². The van der Waals surface area contributed by atoms with Crippen LogP contribution >= 0.6 is 0 Å². The van der Waals surface area contributed by atoms with Gasteiger partial charge >= 0.3 is 6.09 Å². The number of phenolic OH excluding ortho intramolecular Hbond substituents is 2. The van der Waals surface area contributed by atoms with E-state index in [0.717, 1.165) is 18.4 Å². The number of carbonyl (C=O) groups is 1. The molecule has 1 amide bonds. The highest BCUT2D eigenvalue weighted by Crippen LogP contribution is 2.28. The first-order chi connectivity index (χ1) is 10.6. The highest BCUT2D eigenvalue weighted by molar-refractivity contribution is 5.68. The maximum atomic E-state index is 11.7. The minimum atomic E-state index is -0.489. The summed E-state index contributed by atoms with van der Waals surface area (Å²) in [4.78, 5) is 11.7. The van der Waals surface area contributed by atoms with Gasteiger partial charge in [-0.2, -0.15) is 0 Å². The Morgan fingerprint density at radius 3 is 2.26 bits per heavy atom. The molecular formula is C17H26N2O4. The standard InChI is InChI=1S/C17H26N2O4/c1-10(11-5-14(20)9-15(21)6-11)18-12-7-13(8-12)19-16(22)23-17(2,3)4/h5-6,9-10,12-13,18,20-21H,7-8H2,1-4H3,(H,19,22). The first-order valence-corrected chi connectivity index (χ1v) is 7.91. The molecule has 128 valence electrons. The van der Waals surface area contributed by atoms with E-state index in [4.69, 9.17) is 4.74 Å². The molecule has 1 unspecified atom stereocenters. The second-order valence-corrected chi connectivity index (χ2v) is 7.18. The van der Waals surface area contributed by atoms with Crippen LogP contribution in [-0.4, -0.2) is 34.0 Å². The molecule has 1 aromatic rings. The van der Waals surface area contributed by atoms with Crippen molar-refractivity contribution in [2.45, 2.75) is 64.3 Å². The van der Waals surface area contributed by atoms with Gasteiger partial charge in [-0.05, 0) is 58.2 Å². The number of nitrogens with one attached hydrogen (secondary N) is 2. The smallest absolute Gasteiger partial charge is 0.407 e. The van der Waals surface area contributed by atoms with Crippen molar-refractivity contribution in [1.82, 2.24) is 10.6 Å². The molecule has 0 spiro atoms. The van der Waals surface area contributed by atoms with Gasteiger partial charge < -0.3 is 25.6 Å². The topological polar surface area (TPSA) is 90.8 Å². The first-order valence-electron chi connectivity index (χ1n) is 7.91. The number of phenols is 2. The van der Waals surface area contributed by atoms with Crippen LogP contribution in [0.25, 0.3) is 0 Å². The second kappa shape index (κ2) is 6.66. The van der Waals surface area contributed by atoms with E-state index in [1.165, 1.54) is 6.07 Å². The van der Waals surface area contributed by atoms with Gasteiger partial charge in [0.15, 0.2) is 0 Å². The predicted molar refractivity (Wildman–Crippen MR) is 87.5 cm³/mol. The van der Waals surface area contributed by atoms with E-state index < -0.39 is 5.60 Å². The largest absolute Gasteiger partial charge is 0.508 e. The molecule has 0 bridgehead atoms. The van der Waals surface area contributed by atoms with Crippen LogP contribution < -0.4 is 10.6 Å². The zero-order chi connectivity index (χ0) is 17.2. The number of amides is 1. The quantitative estimate of drug-likeness (QED) is 0.684. The summed E-state index contributed by atoms with van der Waals surface area (Å²) in [5, 5.41) is 25.3. The van der Waals surface area contributed by atoms with Crippen molar-refractivity contribution in [3.05, 3.63) is 23.8 Å². The molecule has 4 N–H and O–H groups in total. The maximum Gasteiger partial charge on any atom is 0.407 e. The third-order valence-electron chi connectivity index (χ3n) is 3.77. The Bertz CT molecular complexity index is 542. The van der Waals surface area contributed by atoms with Gasteiger partial charge in [-0.3, -0.25) is 0 Å². The van der Waals surface area contributed by atoms with Crippen LogP contribution in [-0.2, 0) is 4.74 Å². The number of carbonyl (C=O) groups excluding carboxylic acids is 1. The molecule has 1 atom stereocenters. The Labute approximate surface area is 136 Å². The van der Waals surface area contributed by atoms with E-state index in [-0.39, 0.29) is 35.7 Å². The molecule has 6 heteroatoms. The average Bonchev–Trinajstić information content (AvgIpc) is 2.32. The van der Waals surface area contributed by atoms with Crippen molar-refractivity contribution < 1.29 is 19.7 Å². The van der Waals surface area contributed by atoms with Gasteiger partial charge in [0.05, 0.1) is 0 Å². The zero-order valence-corrected chi connectivity index (χ0v) is 14.1. The van der Waals surface area contributed by atoms with Crippen LogP contribution in [0.15, 0.2) is 18.2 Å². The molecule has 0 radical (unpaired) electrons. The molecule has 1 aliphatic rings. The summed E-state index contributed by atoms with van der Waals surface area (Å²) in [7, 11) is 0. The van der Waals surface area contributed by atoms with Crippen molar-refractivity contribution >= 4 is 6.09 Å². The number of ether oxygens (including phenoxy) is 1. The number of rotatable bonds is 4. The Morgan fingerprint density at radius 2 is 1.74 bits per heavy atom. The van der Waals surface area contributed by atoms with Gasteiger partial charge in [-0.15, -0.1) is 0 Å². The minimum Gasteiger partial charge on any atom is -0.508 e. The molecule has 0 saturated heterocycles. The van der Waals surface area contributed by atoms with Gasteiger partial charge in [0, 0.05) is 24.2 Å². The molecule has 0 aromatic heterocycles. The second-order valence-electron chi connectivity index (χ2n) is 7.18. The fourth-order valence-corrected chi connectivity index (χ4v) is 2.66. The summed E-state index contributed by atoms with van der Waals surface area (Å²) in [5.74, 6) is 0.0958. The van der Waals surface area contributed by atoms with Crippen molar-refractivity contribution in [3.8, 4) is 11.5 Å². The van der Waals surface area contributed by atoms with Crippen LogP contribution in [0.5, 0.6) is 11.5 Å². The zero-order valence-electron chi connectivity index (χ0n) is 14.1. The van der Waals surface area contributed by atoms with E-state index in [9.17, 15) is 15.0 Å². The molecule has 0 heterocycles. The SMILES string of the molecule is CC(NC1CC(NC(=O)OC(C)(C)C)C1)c1cc(O)cc(O)c1. The van der Waals surface area contributed by atoms with Crippen LogP contribution in [0, 0.1) is 0 Å². The summed E-state index contributed by atoms with van der Waals surface area (Å²) >= 11 is 0. The average molecular weight is 322 g/mol. The molecule has 1 aromatic carbocycles. The normalized spacial score (nSPS) is 22.1. The van der Waals surface area contributed by atoms with Crippen LogP contribution in [0.4, 0.5) is 4.79 Å². The van der Waals surface area contributed by atoms with E-state index in [0.29, 0.717) is 0 Å². The van der Waals surface area contributed by atoms with E-state index >= 15 is 0 Å². The van der Waals surface area contributed by atoms with Crippen LogP contribution in [0.1, 0.15) is 52.1 Å². The van der Waals surface area contributed by atoms with Crippen LogP contribution in [0.2, 0.25) is 0 Å². The minimum absolute atomic E-state index is 0.000441. The van der Waals surface area contributed by atoms with Gasteiger partial charge in [0.25, 0.3) is 0 Å². The number of hydrogen-bond acceptors (Lipinski definition) is 5. The molecule has 1 aliphatic carbocycles. The third-order valence-corrected chi connectivity index (χ3v) is 3.77. The fourth-order valence-electron chi connectivity index (χ4n) is 2.66. The van der Waals surface area contributed by atoms with Crippen molar-refractivity contribution in [2.75, 3.05) is 0 Å². The summed E-state index contributed by atoms with van der Waals surface area (Å²) in [6.45, 7) is 7.49. The van der Waals surface area contributed by atoms with Gasteiger partial charge in [0.2, 0.25) is 0 Å². The van der Waals surface area contributed by atoms with E-state index in [1.54, 1.807) is 12.1 Å². The van der Waals surface area contributed by atoms with Crippen LogP contribution in [0.3, 0.4) is 0 Å². The molecule has 6 nitrogen and oxygen atoms in total. The molecule has 2 rings (SSSR count). The molecule has 0 aliphatic heterocycles. The Balaban J connectivity index is 1.76. The van der Waals surface area contributed by atoms with Crippen molar-refractivity contribution in [3.63, 3.8) is 0 Å². The highest BCUT2D eigenvalue weighted by atomic mass is 16.6. The summed E-state index contributed by atoms with van der Waals surface area (Å²) in [5.41, 5.74) is 0.336. The van der Waals surface area contributed by atoms with Crippen molar-refractivity contribution in [1.29, 1.82) is 0 Å². The van der Waals surface area contributed by atoms with E-state index in [1.807, 2.05) is 27.7 Å². The Kier molecular flexibility index (Phi) is 5.04. The lowest BCUT2D eigenvalue weighted by Gasteiger charge is -2.38. The lowest BCUT2D eigenvalue weighted by atomic mass is 9.86. The number of alkyl carbamates (subject to hydrolysis) is 1. The summed E-state index contributed by atoms with van der Waals surface area (Å²) in [6.07, 6.45) is 1.27. The monoisotopic (exact) mass is 322 g/mol. The predicted octanol–water partition coefficient (Wildman–Crippen LogP) is 2.80. The number of aromatic hydroxyl groups is 2. The summed E-state index contributed by atoms with van der Waals surface area (Å²) in [6, 6.07) is 4.97. The number of hydrogen-bond donors (Lipinski definition) is 4. The molecule has 23 heavy (non-hydrogen) atoms. The third kappa shape index (κ3) is 5.32. The Morgan fingerprint density at radius 1 is 1.17 bits per heavy atom. The molecule has 1 saturated carbocycles. The lowest BCUT2D eigenvalue weighted by molar-refractivity contribution is 0.0463. The maximum absolute atomic E-state index is 11.7. The molecular weight excluding hydrogens is 296 g/mol. The van der Waals surface area contributed by atoms with Crippen molar-refractivity contribution in [2.24, 2.45) is 0 Å². The summed E-state index contributed by atoms with van der Waals surface area (Å²) < 4.78 is 5.23. The fraction of sp³-hybridized carbons (Fsp3) is 0.588. The van der Waals surface area contributed by atoms with Gasteiger partial charge in [0.1, 0.15) is 17.1 Å². The van der Waals surface area contributed by atoms with Gasteiger partial charge in [-0.1, -0.05) is 0 Å². The lowest BCUT2D eigenvalue weighted by Crippen LogP contribution is -2.53. The first kappa shape index (κ1) is 17.4.